The van der Waals surface area contributed by atoms with Crippen molar-refractivity contribution in [3.05, 3.63) is 54.9 Å². The summed E-state index contributed by atoms with van der Waals surface area (Å²) in [5.41, 5.74) is 10.1. The number of morpholine rings is 1. The molecule has 8 heteroatoms. The highest BCUT2D eigenvalue weighted by atomic mass is 16.5. The van der Waals surface area contributed by atoms with Crippen LogP contribution in [0, 0.1) is 0 Å². The fourth-order valence-electron chi connectivity index (χ4n) is 4.42. The SMILES string of the molecule is COc1ccc(-c2oc3nc[n+](CC[NH+]4CCOCC4)c(N)c3c2-c2ccc(OC)cc2)cc1. The van der Waals surface area contributed by atoms with Crippen LogP contribution in [-0.2, 0) is 11.3 Å². The van der Waals surface area contributed by atoms with Crippen molar-refractivity contribution < 1.29 is 28.1 Å². The Morgan fingerprint density at radius 3 is 2.18 bits per heavy atom. The Morgan fingerprint density at radius 2 is 1.56 bits per heavy atom. The average Bonchev–Trinajstić information content (AvgIpc) is 3.29. The molecule has 3 N–H and O–H groups in total. The van der Waals surface area contributed by atoms with Crippen LogP contribution in [0.15, 0.2) is 59.3 Å². The monoisotopic (exact) mass is 462 g/mol. The molecule has 8 nitrogen and oxygen atoms in total. The van der Waals surface area contributed by atoms with Gasteiger partial charge in [-0.15, -0.1) is 0 Å². The molecule has 0 radical (unpaired) electrons. The molecule has 0 amide bonds. The Hall–Kier alpha value is -3.62. The van der Waals surface area contributed by atoms with E-state index in [4.69, 9.17) is 24.4 Å². The van der Waals surface area contributed by atoms with Gasteiger partial charge < -0.3 is 29.3 Å². The van der Waals surface area contributed by atoms with E-state index in [0.717, 1.165) is 78.7 Å². The fourth-order valence-corrected chi connectivity index (χ4v) is 4.42. The number of ether oxygens (including phenoxy) is 3. The lowest BCUT2D eigenvalue weighted by Crippen LogP contribution is -3.14. The van der Waals surface area contributed by atoms with Crippen molar-refractivity contribution in [2.45, 2.75) is 6.54 Å². The molecule has 0 spiro atoms. The van der Waals surface area contributed by atoms with E-state index in [1.165, 1.54) is 4.90 Å². The van der Waals surface area contributed by atoms with Crippen LogP contribution in [0.25, 0.3) is 33.6 Å². The normalized spacial score (nSPS) is 14.4. The molecular formula is C26H30N4O4+2. The second-order valence-electron chi connectivity index (χ2n) is 8.38. The number of nitrogens with zero attached hydrogens (tertiary/aromatic N) is 2. The summed E-state index contributed by atoms with van der Waals surface area (Å²) >= 11 is 0. The van der Waals surface area contributed by atoms with Crippen LogP contribution in [-0.4, -0.2) is 52.1 Å². The average molecular weight is 463 g/mol. The van der Waals surface area contributed by atoms with Gasteiger partial charge in [0, 0.05) is 11.1 Å². The van der Waals surface area contributed by atoms with Crippen molar-refractivity contribution in [3.8, 4) is 33.9 Å². The number of anilines is 1. The molecule has 0 bridgehead atoms. The lowest BCUT2D eigenvalue weighted by molar-refractivity contribution is -0.925. The van der Waals surface area contributed by atoms with Crippen LogP contribution in [0.2, 0.25) is 0 Å². The Balaban J connectivity index is 1.60. The molecule has 1 aliphatic heterocycles. The Bertz CT molecular complexity index is 1260. The summed E-state index contributed by atoms with van der Waals surface area (Å²) in [5, 5.41) is 0.815. The number of furan rings is 1. The van der Waals surface area contributed by atoms with Gasteiger partial charge >= 0.3 is 5.71 Å². The van der Waals surface area contributed by atoms with E-state index in [9.17, 15) is 0 Å². The third-order valence-electron chi connectivity index (χ3n) is 6.41. The van der Waals surface area contributed by atoms with Crippen molar-refractivity contribution in [2.75, 3.05) is 52.8 Å². The molecule has 2 aromatic carbocycles. The largest absolute Gasteiger partial charge is 0.497 e. The Morgan fingerprint density at radius 1 is 0.941 bits per heavy atom. The van der Waals surface area contributed by atoms with Gasteiger partial charge in [0.2, 0.25) is 12.1 Å². The van der Waals surface area contributed by atoms with Crippen LogP contribution < -0.4 is 24.7 Å². The number of hydrogen-bond acceptors (Lipinski definition) is 6. The van der Waals surface area contributed by atoms with Crippen molar-refractivity contribution in [3.63, 3.8) is 0 Å². The predicted molar refractivity (Wildman–Crippen MR) is 129 cm³/mol. The molecule has 3 heterocycles. The van der Waals surface area contributed by atoms with E-state index < -0.39 is 0 Å². The summed E-state index contributed by atoms with van der Waals surface area (Å²) in [5.74, 6) is 2.94. The van der Waals surface area contributed by atoms with E-state index in [1.54, 1.807) is 20.5 Å². The zero-order valence-electron chi connectivity index (χ0n) is 19.5. The number of nitrogens with two attached hydrogens (primary N) is 1. The molecule has 1 aliphatic rings. The Kier molecular flexibility index (Phi) is 6.33. The second-order valence-corrected chi connectivity index (χ2v) is 8.38. The molecule has 1 fully saturated rings. The minimum atomic E-state index is 0.518. The van der Waals surface area contributed by atoms with E-state index in [0.29, 0.717) is 11.5 Å². The Labute approximate surface area is 198 Å². The summed E-state index contributed by atoms with van der Waals surface area (Å²) in [7, 11) is 3.31. The molecule has 2 aromatic heterocycles. The van der Waals surface area contributed by atoms with E-state index in [1.807, 2.05) is 53.1 Å². The number of benzene rings is 2. The highest BCUT2D eigenvalue weighted by Gasteiger charge is 2.26. The molecule has 4 aromatic rings. The molecule has 34 heavy (non-hydrogen) atoms. The number of methoxy groups -OCH3 is 2. The molecular weight excluding hydrogens is 432 g/mol. The third kappa shape index (κ3) is 4.30. The van der Waals surface area contributed by atoms with Crippen LogP contribution in [0.1, 0.15) is 0 Å². The van der Waals surface area contributed by atoms with Crippen molar-refractivity contribution in [1.82, 2.24) is 4.98 Å². The first-order valence-electron chi connectivity index (χ1n) is 11.5. The van der Waals surface area contributed by atoms with E-state index in [2.05, 4.69) is 4.98 Å². The lowest BCUT2D eigenvalue weighted by Gasteiger charge is -2.23. The number of rotatable bonds is 7. The first kappa shape index (κ1) is 22.2. The van der Waals surface area contributed by atoms with E-state index >= 15 is 0 Å². The van der Waals surface area contributed by atoms with Crippen molar-refractivity contribution >= 4 is 16.9 Å². The summed E-state index contributed by atoms with van der Waals surface area (Å²) in [6.45, 7) is 5.38. The summed E-state index contributed by atoms with van der Waals surface area (Å²) in [6.07, 6.45) is 1.77. The number of nitrogen functional groups attached to an aromatic ring is 1. The standard InChI is InChI=1S/C26H28N4O4/c1-31-20-7-3-18(4-8-20)22-23-25(27)30(12-11-29-13-15-33-16-14-29)17-28-26(23)34-24(22)19-5-9-21(32-2)10-6-19/h3-10,17,27H,11-16H2,1-2H3/p+2. The smallest absolute Gasteiger partial charge is 0.310 e. The maximum Gasteiger partial charge on any atom is 0.310 e. The number of nitrogens with one attached hydrogen (secondary N) is 1. The van der Waals surface area contributed by atoms with Crippen LogP contribution >= 0.6 is 0 Å². The second kappa shape index (κ2) is 9.70. The molecule has 0 unspecified atom stereocenters. The van der Waals surface area contributed by atoms with Gasteiger partial charge in [-0.05, 0) is 42.0 Å². The van der Waals surface area contributed by atoms with Crippen LogP contribution in [0.3, 0.4) is 0 Å². The fraction of sp³-hybridized carbons (Fsp3) is 0.308. The van der Waals surface area contributed by atoms with Gasteiger partial charge in [0.15, 0.2) is 0 Å². The van der Waals surface area contributed by atoms with Gasteiger partial charge in [-0.25, -0.2) is 4.57 Å². The van der Waals surface area contributed by atoms with Gasteiger partial charge in [-0.1, -0.05) is 17.1 Å². The molecule has 0 aliphatic carbocycles. The van der Waals surface area contributed by atoms with Gasteiger partial charge in [0.05, 0.1) is 27.4 Å². The number of aromatic nitrogens is 2. The maximum absolute atomic E-state index is 6.75. The van der Waals surface area contributed by atoms with Gasteiger partial charge in [-0.3, -0.25) is 0 Å². The van der Waals surface area contributed by atoms with Gasteiger partial charge in [0.25, 0.3) is 0 Å². The number of fused-ring (bicyclic) bond motifs is 1. The molecule has 176 valence electrons. The van der Waals surface area contributed by atoms with Gasteiger partial charge in [0.1, 0.15) is 48.8 Å². The molecule has 5 rings (SSSR count). The summed E-state index contributed by atoms with van der Waals surface area (Å²) in [6, 6.07) is 15.7. The zero-order valence-corrected chi connectivity index (χ0v) is 19.5. The van der Waals surface area contributed by atoms with Crippen LogP contribution in [0.4, 0.5) is 5.82 Å². The predicted octanol–water partition coefficient (Wildman–Crippen LogP) is 1.96. The van der Waals surface area contributed by atoms with Crippen LogP contribution in [0.5, 0.6) is 11.5 Å². The first-order valence-corrected chi connectivity index (χ1v) is 11.5. The highest BCUT2D eigenvalue weighted by Crippen LogP contribution is 2.42. The third-order valence-corrected chi connectivity index (χ3v) is 6.41. The summed E-state index contributed by atoms with van der Waals surface area (Å²) < 4.78 is 24.5. The molecule has 0 atom stereocenters. The molecule has 0 saturated carbocycles. The quantitative estimate of drug-likeness (QED) is 0.409. The molecule has 1 saturated heterocycles. The minimum absolute atomic E-state index is 0.518. The van der Waals surface area contributed by atoms with Gasteiger partial charge in [-0.2, -0.15) is 0 Å². The zero-order chi connectivity index (χ0) is 23.5. The van der Waals surface area contributed by atoms with E-state index in [-0.39, 0.29) is 0 Å². The first-order chi connectivity index (χ1) is 16.7. The van der Waals surface area contributed by atoms with Crippen molar-refractivity contribution in [1.29, 1.82) is 0 Å². The van der Waals surface area contributed by atoms with Crippen molar-refractivity contribution in [2.24, 2.45) is 0 Å². The summed E-state index contributed by atoms with van der Waals surface area (Å²) in [4.78, 5) is 6.15. The maximum atomic E-state index is 6.75. The number of quaternary nitrogens is 1. The lowest BCUT2D eigenvalue weighted by atomic mass is 9.99. The topological polar surface area (TPSA) is 88.1 Å². The number of hydrogen-bond donors (Lipinski definition) is 2. The minimum Gasteiger partial charge on any atom is -0.497 e. The highest BCUT2D eigenvalue weighted by molar-refractivity contribution is 6.04.